The first-order valence-electron chi connectivity index (χ1n) is 8.92. The number of guanidine groups is 1. The molecule has 0 aliphatic heterocycles. The molecule has 146 valence electrons. The summed E-state index contributed by atoms with van der Waals surface area (Å²) in [5.41, 5.74) is 0.779. The standard InChI is InChI=1S/C20H22FN5OS/c1-3-16-12-24-19(28-16)13-26-20(22-2)25-10-14-6-7-18(17(21)9-14)27-15-5-4-8-23-11-15/h4-9,11-12H,3,10,13H2,1-2H3,(H2,22,25,26). The Balaban J connectivity index is 1.53. The number of nitrogens with one attached hydrogen (secondary N) is 2. The molecule has 8 heteroatoms. The highest BCUT2D eigenvalue weighted by atomic mass is 32.1. The van der Waals surface area contributed by atoms with Gasteiger partial charge in [-0.15, -0.1) is 11.3 Å². The molecular weight excluding hydrogens is 377 g/mol. The number of benzene rings is 1. The molecule has 0 atom stereocenters. The van der Waals surface area contributed by atoms with Gasteiger partial charge in [-0.05, 0) is 36.2 Å². The maximum atomic E-state index is 14.3. The second kappa shape index (κ2) is 9.80. The third-order valence-corrected chi connectivity index (χ3v) is 5.04. The number of aryl methyl sites for hydroxylation is 1. The first kappa shape index (κ1) is 19.8. The van der Waals surface area contributed by atoms with E-state index in [4.69, 9.17) is 4.74 Å². The van der Waals surface area contributed by atoms with Crippen LogP contribution in [-0.2, 0) is 19.5 Å². The number of rotatable bonds is 7. The van der Waals surface area contributed by atoms with Crippen LogP contribution in [0.1, 0.15) is 22.4 Å². The SMILES string of the molecule is CCc1cnc(CNC(=NC)NCc2ccc(Oc3cccnc3)c(F)c2)s1. The van der Waals surface area contributed by atoms with Gasteiger partial charge < -0.3 is 15.4 Å². The van der Waals surface area contributed by atoms with E-state index in [2.05, 4.69) is 32.5 Å². The fraction of sp³-hybridized carbons (Fsp3) is 0.250. The second-order valence-electron chi connectivity index (χ2n) is 5.91. The lowest BCUT2D eigenvalue weighted by molar-refractivity contribution is 0.440. The van der Waals surface area contributed by atoms with Crippen molar-refractivity contribution in [3.8, 4) is 11.5 Å². The highest BCUT2D eigenvalue weighted by Gasteiger charge is 2.08. The van der Waals surface area contributed by atoms with Crippen molar-refractivity contribution in [2.45, 2.75) is 26.4 Å². The number of hydrogen-bond acceptors (Lipinski definition) is 5. The molecule has 0 amide bonds. The Morgan fingerprint density at radius 2 is 2.07 bits per heavy atom. The van der Waals surface area contributed by atoms with Gasteiger partial charge in [-0.1, -0.05) is 13.0 Å². The molecule has 2 heterocycles. The fourth-order valence-electron chi connectivity index (χ4n) is 2.43. The van der Waals surface area contributed by atoms with Gasteiger partial charge in [-0.2, -0.15) is 0 Å². The quantitative estimate of drug-likeness (QED) is 0.466. The number of pyridine rings is 1. The molecule has 3 rings (SSSR count). The molecule has 0 saturated carbocycles. The molecule has 0 unspecified atom stereocenters. The average molecular weight is 399 g/mol. The lowest BCUT2D eigenvalue weighted by atomic mass is 10.2. The van der Waals surface area contributed by atoms with Crippen LogP contribution in [0.25, 0.3) is 0 Å². The number of thiazole rings is 1. The van der Waals surface area contributed by atoms with E-state index in [1.807, 2.05) is 12.3 Å². The first-order valence-corrected chi connectivity index (χ1v) is 9.74. The van der Waals surface area contributed by atoms with Gasteiger partial charge in [0.15, 0.2) is 17.5 Å². The summed E-state index contributed by atoms with van der Waals surface area (Å²) < 4.78 is 19.8. The molecule has 28 heavy (non-hydrogen) atoms. The van der Waals surface area contributed by atoms with Crippen molar-refractivity contribution >= 4 is 17.3 Å². The minimum absolute atomic E-state index is 0.162. The molecule has 6 nitrogen and oxygen atoms in total. The number of hydrogen-bond donors (Lipinski definition) is 2. The molecule has 0 bridgehead atoms. The van der Waals surface area contributed by atoms with Crippen molar-refractivity contribution in [1.29, 1.82) is 0 Å². The summed E-state index contributed by atoms with van der Waals surface area (Å²) >= 11 is 1.68. The smallest absolute Gasteiger partial charge is 0.191 e. The van der Waals surface area contributed by atoms with E-state index in [1.165, 1.54) is 17.1 Å². The summed E-state index contributed by atoms with van der Waals surface area (Å²) in [7, 11) is 1.69. The Kier molecular flexibility index (Phi) is 6.91. The van der Waals surface area contributed by atoms with E-state index < -0.39 is 5.82 Å². The molecule has 0 aliphatic carbocycles. The summed E-state index contributed by atoms with van der Waals surface area (Å²) in [5, 5.41) is 7.39. The molecule has 0 saturated heterocycles. The van der Waals surface area contributed by atoms with E-state index >= 15 is 0 Å². The van der Waals surface area contributed by atoms with Crippen LogP contribution in [0.15, 0.2) is 53.9 Å². The zero-order chi connectivity index (χ0) is 19.8. The van der Waals surface area contributed by atoms with Gasteiger partial charge in [0, 0.05) is 30.9 Å². The first-order chi connectivity index (χ1) is 13.7. The molecule has 0 aliphatic rings. The van der Waals surface area contributed by atoms with Crippen LogP contribution in [0.5, 0.6) is 11.5 Å². The van der Waals surface area contributed by atoms with Crippen molar-refractivity contribution in [1.82, 2.24) is 20.6 Å². The van der Waals surface area contributed by atoms with Gasteiger partial charge in [0.05, 0.1) is 12.7 Å². The minimum Gasteiger partial charge on any atom is -0.453 e. The van der Waals surface area contributed by atoms with E-state index in [9.17, 15) is 4.39 Å². The van der Waals surface area contributed by atoms with Crippen LogP contribution in [0.3, 0.4) is 0 Å². The van der Waals surface area contributed by atoms with Crippen molar-refractivity contribution in [2.24, 2.45) is 4.99 Å². The molecule has 0 radical (unpaired) electrons. The van der Waals surface area contributed by atoms with Gasteiger partial charge >= 0.3 is 0 Å². The van der Waals surface area contributed by atoms with Crippen molar-refractivity contribution in [3.05, 3.63) is 70.2 Å². The zero-order valence-corrected chi connectivity index (χ0v) is 16.6. The van der Waals surface area contributed by atoms with Crippen LogP contribution in [-0.4, -0.2) is 23.0 Å². The Morgan fingerprint density at radius 3 is 2.75 bits per heavy atom. The largest absolute Gasteiger partial charge is 0.453 e. The zero-order valence-electron chi connectivity index (χ0n) is 15.8. The van der Waals surface area contributed by atoms with Crippen LogP contribution >= 0.6 is 11.3 Å². The Labute approximate surface area is 167 Å². The van der Waals surface area contributed by atoms with Crippen LogP contribution < -0.4 is 15.4 Å². The van der Waals surface area contributed by atoms with Crippen LogP contribution in [0, 0.1) is 5.82 Å². The normalized spacial score (nSPS) is 11.3. The highest BCUT2D eigenvalue weighted by molar-refractivity contribution is 7.11. The van der Waals surface area contributed by atoms with E-state index in [0.29, 0.717) is 24.8 Å². The maximum absolute atomic E-state index is 14.3. The monoisotopic (exact) mass is 399 g/mol. The summed E-state index contributed by atoms with van der Waals surface area (Å²) in [6, 6.07) is 8.32. The van der Waals surface area contributed by atoms with E-state index in [-0.39, 0.29) is 5.75 Å². The Morgan fingerprint density at radius 1 is 1.21 bits per heavy atom. The molecule has 3 aromatic rings. The number of aliphatic imine (C=N–C) groups is 1. The fourth-order valence-corrected chi connectivity index (χ4v) is 3.23. The number of halogens is 1. The number of nitrogens with zero attached hydrogens (tertiary/aromatic N) is 3. The lowest BCUT2D eigenvalue weighted by Crippen LogP contribution is -2.36. The molecular formula is C20H22FN5OS. The second-order valence-corrected chi connectivity index (χ2v) is 7.11. The van der Waals surface area contributed by atoms with E-state index in [0.717, 1.165) is 17.0 Å². The van der Waals surface area contributed by atoms with Gasteiger partial charge in [-0.25, -0.2) is 9.37 Å². The predicted octanol–water partition coefficient (Wildman–Crippen LogP) is 3.90. The Hall–Kier alpha value is -3.00. The lowest BCUT2D eigenvalue weighted by Gasteiger charge is -2.12. The highest BCUT2D eigenvalue weighted by Crippen LogP contribution is 2.24. The summed E-state index contributed by atoms with van der Waals surface area (Å²) in [5.74, 6) is 0.852. The molecule has 1 aromatic carbocycles. The summed E-state index contributed by atoms with van der Waals surface area (Å²) in [4.78, 5) is 13.8. The predicted molar refractivity (Wildman–Crippen MR) is 109 cm³/mol. The molecule has 2 aromatic heterocycles. The van der Waals surface area contributed by atoms with Gasteiger partial charge in [0.1, 0.15) is 10.8 Å². The van der Waals surface area contributed by atoms with Gasteiger partial charge in [0.2, 0.25) is 0 Å². The number of aromatic nitrogens is 2. The third kappa shape index (κ3) is 5.50. The topological polar surface area (TPSA) is 71.4 Å². The molecule has 0 fully saturated rings. The molecule has 2 N–H and O–H groups in total. The Bertz CT molecular complexity index is 929. The number of ether oxygens (including phenoxy) is 1. The average Bonchev–Trinajstić information content (AvgIpc) is 3.19. The maximum Gasteiger partial charge on any atom is 0.191 e. The van der Waals surface area contributed by atoms with Crippen LogP contribution in [0.2, 0.25) is 0 Å². The summed E-state index contributed by atoms with van der Waals surface area (Å²) in [6.45, 7) is 3.13. The van der Waals surface area contributed by atoms with Gasteiger partial charge in [-0.3, -0.25) is 9.98 Å². The van der Waals surface area contributed by atoms with Crippen molar-refractivity contribution in [2.75, 3.05) is 7.05 Å². The summed E-state index contributed by atoms with van der Waals surface area (Å²) in [6.07, 6.45) is 6.05. The minimum atomic E-state index is -0.430. The van der Waals surface area contributed by atoms with Crippen molar-refractivity contribution in [3.63, 3.8) is 0 Å². The van der Waals surface area contributed by atoms with E-state index in [1.54, 1.807) is 42.8 Å². The van der Waals surface area contributed by atoms with Gasteiger partial charge in [0.25, 0.3) is 0 Å². The van der Waals surface area contributed by atoms with Crippen LogP contribution in [0.4, 0.5) is 4.39 Å². The third-order valence-electron chi connectivity index (χ3n) is 3.90. The molecule has 0 spiro atoms. The van der Waals surface area contributed by atoms with Crippen molar-refractivity contribution < 1.29 is 9.13 Å².